The monoisotopic (exact) mass is 265 g/mol. The van der Waals surface area contributed by atoms with Crippen LogP contribution in [0.1, 0.15) is 12.5 Å². The molecule has 1 aromatic carbocycles. The number of nitrogens with one attached hydrogen (secondary N) is 2. The molecule has 1 aliphatic heterocycles. The number of benzene rings is 1. The van der Waals surface area contributed by atoms with Crippen molar-refractivity contribution in [3.8, 4) is 5.75 Å². The van der Waals surface area contributed by atoms with Crippen LogP contribution in [-0.4, -0.2) is 30.5 Å². The van der Waals surface area contributed by atoms with Crippen LogP contribution in [0.25, 0.3) is 0 Å². The smallest absolute Gasteiger partial charge is 0.311 e. The number of amides is 1. The summed E-state index contributed by atoms with van der Waals surface area (Å²) < 4.78 is 5.55. The number of carbonyl (C=O) groups is 1. The zero-order valence-corrected chi connectivity index (χ0v) is 10.7. The van der Waals surface area contributed by atoms with Gasteiger partial charge in [-0.05, 0) is 19.5 Å². The highest BCUT2D eigenvalue weighted by Gasteiger charge is 2.26. The first-order valence-electron chi connectivity index (χ1n) is 5.93. The van der Waals surface area contributed by atoms with E-state index in [2.05, 4.69) is 10.6 Å². The number of fused-ring (bicyclic) bond motifs is 1. The molecular formula is C12H15N3O4. The fourth-order valence-corrected chi connectivity index (χ4v) is 2.02. The van der Waals surface area contributed by atoms with Gasteiger partial charge in [-0.1, -0.05) is 0 Å². The molecule has 0 spiro atoms. The molecule has 102 valence electrons. The van der Waals surface area contributed by atoms with Gasteiger partial charge in [0.1, 0.15) is 6.10 Å². The number of carbonyl (C=O) groups excluding carboxylic acids is 1. The van der Waals surface area contributed by atoms with Crippen LogP contribution in [0, 0.1) is 10.1 Å². The topological polar surface area (TPSA) is 93.5 Å². The van der Waals surface area contributed by atoms with E-state index in [0.717, 1.165) is 0 Å². The third kappa shape index (κ3) is 2.82. The van der Waals surface area contributed by atoms with Crippen molar-refractivity contribution in [3.63, 3.8) is 0 Å². The first kappa shape index (κ1) is 13.3. The van der Waals surface area contributed by atoms with Gasteiger partial charge in [-0.3, -0.25) is 14.9 Å². The number of nitrogens with zero attached hydrogens (tertiary/aromatic N) is 1. The lowest BCUT2D eigenvalue weighted by Gasteiger charge is -2.15. The van der Waals surface area contributed by atoms with Gasteiger partial charge in [0, 0.05) is 24.4 Å². The van der Waals surface area contributed by atoms with Crippen LogP contribution in [-0.2, 0) is 11.2 Å². The molecule has 1 aromatic rings. The normalized spacial score (nSPS) is 14.7. The molecule has 2 rings (SSSR count). The second kappa shape index (κ2) is 5.23. The zero-order chi connectivity index (χ0) is 14.0. The molecule has 1 amide bonds. The maximum atomic E-state index is 11.3. The van der Waals surface area contributed by atoms with Gasteiger partial charge in [0.15, 0.2) is 5.75 Å². The van der Waals surface area contributed by atoms with Crippen LogP contribution in [0.3, 0.4) is 0 Å². The maximum Gasteiger partial charge on any atom is 0.311 e. The van der Waals surface area contributed by atoms with Crippen molar-refractivity contribution in [2.75, 3.05) is 18.9 Å². The minimum Gasteiger partial charge on any atom is -0.482 e. The van der Waals surface area contributed by atoms with Gasteiger partial charge in [-0.25, -0.2) is 0 Å². The molecular weight excluding hydrogens is 250 g/mol. The van der Waals surface area contributed by atoms with Crippen LogP contribution in [0.5, 0.6) is 5.75 Å². The Kier molecular flexibility index (Phi) is 3.66. The number of likely N-dealkylation sites (N-methyl/N-ethyl adjacent to an activating group) is 1. The van der Waals surface area contributed by atoms with E-state index in [9.17, 15) is 14.9 Å². The van der Waals surface area contributed by atoms with Crippen molar-refractivity contribution >= 4 is 17.3 Å². The second-order valence-corrected chi connectivity index (χ2v) is 4.45. The quantitative estimate of drug-likeness (QED) is 0.613. The minimum absolute atomic E-state index is 0.113. The van der Waals surface area contributed by atoms with E-state index < -0.39 is 4.92 Å². The van der Waals surface area contributed by atoms with Gasteiger partial charge in [0.2, 0.25) is 5.91 Å². The molecule has 19 heavy (non-hydrogen) atoms. The van der Waals surface area contributed by atoms with E-state index in [-0.39, 0.29) is 29.9 Å². The molecule has 1 aliphatic rings. The summed E-state index contributed by atoms with van der Waals surface area (Å²) in [5.41, 5.74) is 1.10. The van der Waals surface area contributed by atoms with E-state index >= 15 is 0 Å². The van der Waals surface area contributed by atoms with Crippen molar-refractivity contribution in [1.82, 2.24) is 5.32 Å². The number of nitro groups is 1. The first-order chi connectivity index (χ1) is 9.01. The van der Waals surface area contributed by atoms with E-state index in [1.807, 2.05) is 6.92 Å². The molecule has 1 atom stereocenters. The van der Waals surface area contributed by atoms with Gasteiger partial charge >= 0.3 is 5.69 Å². The number of rotatable bonds is 5. The third-order valence-corrected chi connectivity index (χ3v) is 2.83. The summed E-state index contributed by atoms with van der Waals surface area (Å²) in [6, 6.07) is 2.92. The Morgan fingerprint density at radius 1 is 1.58 bits per heavy atom. The molecule has 1 heterocycles. The average Bonchev–Trinajstić information content (AvgIpc) is 2.67. The maximum absolute atomic E-state index is 11.3. The van der Waals surface area contributed by atoms with Crippen molar-refractivity contribution in [1.29, 1.82) is 0 Å². The van der Waals surface area contributed by atoms with Crippen LogP contribution in [0.15, 0.2) is 12.1 Å². The number of hydrogen-bond donors (Lipinski definition) is 2. The van der Waals surface area contributed by atoms with Gasteiger partial charge in [-0.2, -0.15) is 0 Å². The Balaban J connectivity index is 2.33. The minimum atomic E-state index is -0.496. The predicted molar refractivity (Wildman–Crippen MR) is 69.4 cm³/mol. The number of anilines is 1. The average molecular weight is 265 g/mol. The van der Waals surface area contributed by atoms with E-state index in [4.69, 9.17) is 4.74 Å². The summed E-state index contributed by atoms with van der Waals surface area (Å²) in [6.07, 6.45) is -0.0402. The predicted octanol–water partition coefficient (Wildman–Crippen LogP) is 1.08. The summed E-state index contributed by atoms with van der Waals surface area (Å²) in [4.78, 5) is 21.8. The summed E-state index contributed by atoms with van der Waals surface area (Å²) in [5.74, 6) is 0.0124. The lowest BCUT2D eigenvalue weighted by molar-refractivity contribution is -0.386. The number of nitro benzene ring substituents is 1. The van der Waals surface area contributed by atoms with Crippen molar-refractivity contribution < 1.29 is 14.5 Å². The van der Waals surface area contributed by atoms with Crippen molar-refractivity contribution in [3.05, 3.63) is 27.8 Å². The lowest BCUT2D eigenvalue weighted by atomic mass is 10.1. The highest BCUT2D eigenvalue weighted by atomic mass is 16.6. The molecule has 0 bridgehead atoms. The summed E-state index contributed by atoms with van der Waals surface area (Å²) in [6.45, 7) is 2.38. The Hall–Kier alpha value is -2.15. The fraction of sp³-hybridized carbons (Fsp3) is 0.417. The van der Waals surface area contributed by atoms with Crippen LogP contribution in [0.2, 0.25) is 0 Å². The van der Waals surface area contributed by atoms with Crippen molar-refractivity contribution in [2.45, 2.75) is 19.4 Å². The van der Waals surface area contributed by atoms with Gasteiger partial charge < -0.3 is 15.4 Å². The van der Waals surface area contributed by atoms with Crippen LogP contribution >= 0.6 is 0 Å². The van der Waals surface area contributed by atoms with Gasteiger partial charge in [0.05, 0.1) is 11.3 Å². The highest BCUT2D eigenvalue weighted by molar-refractivity contribution is 5.99. The molecule has 7 nitrogen and oxygen atoms in total. The number of ether oxygens (including phenoxy) is 1. The Bertz CT molecular complexity index is 530. The Morgan fingerprint density at radius 3 is 2.95 bits per heavy atom. The largest absolute Gasteiger partial charge is 0.482 e. The Morgan fingerprint density at radius 2 is 2.32 bits per heavy atom. The molecule has 2 N–H and O–H groups in total. The summed E-state index contributed by atoms with van der Waals surface area (Å²) in [7, 11) is 1.77. The summed E-state index contributed by atoms with van der Waals surface area (Å²) in [5, 5.41) is 16.6. The standard InChI is InChI=1S/C12H15N3O4/c1-7(6-13-2)19-11-5-9-8(4-12(16)14-9)3-10(11)15(17)18/h3,5,7,13H,4,6H2,1-2H3,(H,14,16). The van der Waals surface area contributed by atoms with E-state index in [0.29, 0.717) is 17.8 Å². The fourth-order valence-electron chi connectivity index (χ4n) is 2.02. The SMILES string of the molecule is CNCC(C)Oc1cc2c(cc1[N+](=O)[O-])CC(=O)N2. The number of hydrogen-bond acceptors (Lipinski definition) is 5. The van der Waals surface area contributed by atoms with E-state index in [1.54, 1.807) is 7.05 Å². The zero-order valence-electron chi connectivity index (χ0n) is 10.7. The highest BCUT2D eigenvalue weighted by Crippen LogP contribution is 2.36. The van der Waals surface area contributed by atoms with Crippen LogP contribution < -0.4 is 15.4 Å². The lowest BCUT2D eigenvalue weighted by Crippen LogP contribution is -2.26. The van der Waals surface area contributed by atoms with Gasteiger partial charge in [0.25, 0.3) is 0 Å². The van der Waals surface area contributed by atoms with Crippen LogP contribution in [0.4, 0.5) is 11.4 Å². The molecule has 0 aliphatic carbocycles. The van der Waals surface area contributed by atoms with Gasteiger partial charge in [-0.15, -0.1) is 0 Å². The molecule has 0 saturated carbocycles. The van der Waals surface area contributed by atoms with Crippen molar-refractivity contribution in [2.24, 2.45) is 0 Å². The molecule has 0 saturated heterocycles. The molecule has 0 radical (unpaired) electrons. The third-order valence-electron chi connectivity index (χ3n) is 2.83. The molecule has 7 heteroatoms. The first-order valence-corrected chi connectivity index (χ1v) is 5.93. The molecule has 0 aromatic heterocycles. The molecule has 1 unspecified atom stereocenters. The molecule has 0 fully saturated rings. The summed E-state index contributed by atoms with van der Waals surface area (Å²) >= 11 is 0. The second-order valence-electron chi connectivity index (χ2n) is 4.45. The Labute approximate surface area is 110 Å². The van der Waals surface area contributed by atoms with E-state index in [1.165, 1.54) is 12.1 Å².